The van der Waals surface area contributed by atoms with Crippen LogP contribution in [0.1, 0.15) is 5.56 Å². The number of ether oxygens (including phenoxy) is 1. The maximum absolute atomic E-state index is 11.2. The molecule has 0 saturated carbocycles. The average molecular weight is 251 g/mol. The normalized spacial score (nSPS) is 10.8. The van der Waals surface area contributed by atoms with Crippen molar-refractivity contribution in [1.29, 1.82) is 0 Å². The van der Waals surface area contributed by atoms with Crippen molar-refractivity contribution in [3.63, 3.8) is 0 Å². The zero-order valence-corrected chi connectivity index (χ0v) is 9.32. The predicted molar refractivity (Wildman–Crippen MR) is 60.7 cm³/mol. The molecule has 0 aromatic heterocycles. The van der Waals surface area contributed by atoms with E-state index in [1.165, 1.54) is 24.3 Å². The van der Waals surface area contributed by atoms with Gasteiger partial charge in [-0.1, -0.05) is 12.1 Å². The number of nitro groups is 1. The summed E-state index contributed by atoms with van der Waals surface area (Å²) >= 11 is 0. The molecule has 0 amide bonds. The molecule has 0 aliphatic heterocycles. The van der Waals surface area contributed by atoms with E-state index in [0.717, 1.165) is 7.11 Å². The lowest BCUT2D eigenvalue weighted by molar-refractivity contribution is -0.385. The minimum Gasteiger partial charge on any atom is -0.507 e. The number of esters is 1. The highest BCUT2D eigenvalue weighted by atomic mass is 16.6. The second-order valence-corrected chi connectivity index (χ2v) is 3.16. The zero-order chi connectivity index (χ0) is 13.7. The molecule has 0 saturated heterocycles. The number of aliphatic hydroxyl groups is 1. The summed E-state index contributed by atoms with van der Waals surface area (Å²) in [7, 11) is 1.01. The fraction of sp³-hybridized carbons (Fsp3) is 0.0909. The average Bonchev–Trinajstić information content (AvgIpc) is 2.37. The molecule has 0 heterocycles. The molecule has 0 radical (unpaired) electrons. The lowest BCUT2D eigenvalue weighted by Crippen LogP contribution is -2.13. The molecular formula is C11H9NO6. The summed E-state index contributed by atoms with van der Waals surface area (Å²) in [5.74, 6) is -2.94. The molecule has 1 rings (SSSR count). The first-order valence-electron chi connectivity index (χ1n) is 4.74. The summed E-state index contributed by atoms with van der Waals surface area (Å²) in [6, 6.07) is 5.29. The zero-order valence-electron chi connectivity index (χ0n) is 9.32. The summed E-state index contributed by atoms with van der Waals surface area (Å²) in [6.45, 7) is 0. The first-order valence-corrected chi connectivity index (χ1v) is 4.74. The van der Waals surface area contributed by atoms with E-state index in [-0.39, 0.29) is 11.3 Å². The van der Waals surface area contributed by atoms with Gasteiger partial charge in [0.1, 0.15) is 5.76 Å². The third kappa shape index (κ3) is 2.91. The third-order valence-electron chi connectivity index (χ3n) is 2.03. The number of nitrogens with zero attached hydrogens (tertiary/aromatic N) is 1. The Labute approximate surface area is 101 Å². The summed E-state index contributed by atoms with van der Waals surface area (Å²) in [5, 5.41) is 20.3. The van der Waals surface area contributed by atoms with Gasteiger partial charge >= 0.3 is 5.97 Å². The summed E-state index contributed by atoms with van der Waals surface area (Å²) in [6.07, 6.45) is 0.578. The Balaban J connectivity index is 3.15. The third-order valence-corrected chi connectivity index (χ3v) is 2.03. The summed E-state index contributed by atoms with van der Waals surface area (Å²) in [5.41, 5.74) is -0.524. The number of nitro benzene ring substituents is 1. The number of ketones is 1. The fourth-order valence-corrected chi connectivity index (χ4v) is 1.21. The van der Waals surface area contributed by atoms with Gasteiger partial charge in [0.25, 0.3) is 11.5 Å². The number of rotatable bonds is 4. The number of aliphatic hydroxyl groups excluding tert-OH is 1. The molecule has 1 aromatic carbocycles. The van der Waals surface area contributed by atoms with E-state index in [1.54, 1.807) is 0 Å². The molecule has 0 fully saturated rings. The van der Waals surface area contributed by atoms with Crippen LogP contribution in [-0.2, 0) is 14.3 Å². The van der Waals surface area contributed by atoms with Crippen molar-refractivity contribution in [1.82, 2.24) is 0 Å². The van der Waals surface area contributed by atoms with Gasteiger partial charge in [0.2, 0.25) is 0 Å². The van der Waals surface area contributed by atoms with E-state index in [2.05, 4.69) is 4.74 Å². The van der Waals surface area contributed by atoms with Crippen LogP contribution in [-0.4, -0.2) is 28.9 Å². The number of methoxy groups -OCH3 is 1. The van der Waals surface area contributed by atoms with Gasteiger partial charge in [0.15, 0.2) is 0 Å². The second-order valence-electron chi connectivity index (χ2n) is 3.16. The molecule has 0 atom stereocenters. The van der Waals surface area contributed by atoms with Gasteiger partial charge in [-0.3, -0.25) is 14.9 Å². The number of carbonyl (C=O) groups excluding carboxylic acids is 2. The molecule has 1 aromatic rings. The highest BCUT2D eigenvalue weighted by Crippen LogP contribution is 2.23. The molecule has 0 bridgehead atoms. The van der Waals surface area contributed by atoms with Gasteiger partial charge in [0, 0.05) is 12.1 Å². The number of para-hydroxylation sites is 1. The molecule has 0 aliphatic carbocycles. The Morgan fingerprint density at radius 1 is 1.39 bits per heavy atom. The molecule has 7 nitrogen and oxygen atoms in total. The Bertz CT molecular complexity index is 534. The second kappa shape index (κ2) is 5.58. The highest BCUT2D eigenvalue weighted by molar-refractivity contribution is 6.39. The smallest absolute Gasteiger partial charge is 0.378 e. The lowest BCUT2D eigenvalue weighted by atomic mass is 10.1. The van der Waals surface area contributed by atoms with E-state index in [4.69, 9.17) is 0 Å². The minimum atomic E-state index is -1.17. The molecule has 0 aliphatic rings. The van der Waals surface area contributed by atoms with E-state index in [9.17, 15) is 24.8 Å². The maximum atomic E-state index is 11.2. The van der Waals surface area contributed by atoms with Crippen LogP contribution in [0.25, 0.3) is 5.76 Å². The Morgan fingerprint density at radius 2 is 2.00 bits per heavy atom. The largest absolute Gasteiger partial charge is 0.507 e. The van der Waals surface area contributed by atoms with Crippen LogP contribution in [0.3, 0.4) is 0 Å². The Morgan fingerprint density at radius 3 is 2.56 bits per heavy atom. The molecular weight excluding hydrogens is 242 g/mol. The summed E-state index contributed by atoms with van der Waals surface area (Å²) in [4.78, 5) is 32.0. The Hall–Kier alpha value is -2.70. The van der Waals surface area contributed by atoms with E-state index < -0.39 is 22.4 Å². The first-order chi connectivity index (χ1) is 8.47. The summed E-state index contributed by atoms with van der Waals surface area (Å²) < 4.78 is 4.15. The van der Waals surface area contributed by atoms with E-state index in [0.29, 0.717) is 6.08 Å². The SMILES string of the molecule is COC(=O)C(=O)C=C(O)c1ccccc1[N+](=O)[O-]. The van der Waals surface area contributed by atoms with Crippen LogP contribution in [0.5, 0.6) is 0 Å². The van der Waals surface area contributed by atoms with Crippen LogP contribution >= 0.6 is 0 Å². The number of benzene rings is 1. The molecule has 0 unspecified atom stereocenters. The van der Waals surface area contributed by atoms with Crippen LogP contribution in [0, 0.1) is 10.1 Å². The fourth-order valence-electron chi connectivity index (χ4n) is 1.21. The van der Waals surface area contributed by atoms with Crippen LogP contribution < -0.4 is 0 Å². The molecule has 94 valence electrons. The quantitative estimate of drug-likeness (QED) is 0.215. The van der Waals surface area contributed by atoms with Gasteiger partial charge in [-0.05, 0) is 6.07 Å². The van der Waals surface area contributed by atoms with Crippen LogP contribution in [0.4, 0.5) is 5.69 Å². The van der Waals surface area contributed by atoms with Crippen LogP contribution in [0.15, 0.2) is 30.3 Å². The standard InChI is InChI=1S/C11H9NO6/c1-18-11(15)10(14)6-9(13)7-4-2-3-5-8(7)12(16)17/h2-6,13H,1H3. The number of carbonyl (C=O) groups is 2. The first kappa shape index (κ1) is 13.4. The van der Waals surface area contributed by atoms with Gasteiger partial charge in [-0.25, -0.2) is 4.79 Å². The minimum absolute atomic E-state index is 0.153. The van der Waals surface area contributed by atoms with Crippen LogP contribution in [0.2, 0.25) is 0 Å². The number of hydrogen-bond donors (Lipinski definition) is 1. The van der Waals surface area contributed by atoms with Crippen molar-refractivity contribution in [3.8, 4) is 0 Å². The molecule has 0 spiro atoms. The van der Waals surface area contributed by atoms with Gasteiger partial charge in [0.05, 0.1) is 17.6 Å². The van der Waals surface area contributed by atoms with Crippen molar-refractivity contribution < 1.29 is 24.4 Å². The molecule has 18 heavy (non-hydrogen) atoms. The van der Waals surface area contributed by atoms with Crippen molar-refractivity contribution in [3.05, 3.63) is 46.0 Å². The van der Waals surface area contributed by atoms with Crippen molar-refractivity contribution in [2.75, 3.05) is 7.11 Å². The topological polar surface area (TPSA) is 107 Å². The molecule has 1 N–H and O–H groups in total. The Kier molecular flexibility index (Phi) is 4.14. The van der Waals surface area contributed by atoms with Gasteiger partial charge < -0.3 is 9.84 Å². The monoisotopic (exact) mass is 251 g/mol. The van der Waals surface area contributed by atoms with Crippen molar-refractivity contribution in [2.24, 2.45) is 0 Å². The van der Waals surface area contributed by atoms with Crippen molar-refractivity contribution >= 4 is 23.2 Å². The highest BCUT2D eigenvalue weighted by Gasteiger charge is 2.18. The van der Waals surface area contributed by atoms with Gasteiger partial charge in [-0.2, -0.15) is 0 Å². The van der Waals surface area contributed by atoms with Crippen molar-refractivity contribution in [2.45, 2.75) is 0 Å². The predicted octanol–water partition coefficient (Wildman–Crippen LogP) is 1.24. The van der Waals surface area contributed by atoms with E-state index in [1.807, 2.05) is 0 Å². The van der Waals surface area contributed by atoms with E-state index >= 15 is 0 Å². The lowest BCUT2D eigenvalue weighted by Gasteiger charge is -2.01. The molecule has 7 heteroatoms. The number of hydrogen-bond acceptors (Lipinski definition) is 6. The van der Waals surface area contributed by atoms with Gasteiger partial charge in [-0.15, -0.1) is 0 Å². The maximum Gasteiger partial charge on any atom is 0.378 e.